The average Bonchev–Trinajstić information content (AvgIpc) is 3.27. The van der Waals surface area contributed by atoms with Crippen molar-refractivity contribution in [1.29, 1.82) is 0 Å². The number of amides is 3. The highest BCUT2D eigenvalue weighted by Gasteiger charge is 2.33. The molecule has 0 radical (unpaired) electrons. The summed E-state index contributed by atoms with van der Waals surface area (Å²) in [6.07, 6.45) is 1.76. The van der Waals surface area contributed by atoms with Crippen LogP contribution in [0.1, 0.15) is 30.3 Å². The summed E-state index contributed by atoms with van der Waals surface area (Å²) in [7, 11) is 1.70. The van der Waals surface area contributed by atoms with Gasteiger partial charge in [-0.15, -0.1) is 0 Å². The number of ether oxygens (including phenoxy) is 1. The van der Waals surface area contributed by atoms with Gasteiger partial charge in [-0.3, -0.25) is 4.79 Å². The monoisotopic (exact) mass is 356 g/mol. The van der Waals surface area contributed by atoms with Crippen LogP contribution in [-0.2, 0) is 4.79 Å². The highest BCUT2D eigenvalue weighted by atomic mass is 16.5. The van der Waals surface area contributed by atoms with E-state index in [1.54, 1.807) is 35.0 Å². The molecule has 1 unspecified atom stereocenters. The zero-order valence-electron chi connectivity index (χ0n) is 14.7. The molecular formula is C18H20N4O4. The van der Waals surface area contributed by atoms with Crippen LogP contribution in [0.15, 0.2) is 28.8 Å². The second-order valence-electron chi connectivity index (χ2n) is 6.58. The maximum Gasteiger partial charge on any atom is 0.322 e. The molecule has 8 nitrogen and oxygen atoms in total. The van der Waals surface area contributed by atoms with Gasteiger partial charge in [-0.2, -0.15) is 0 Å². The number of nitrogens with zero attached hydrogens (tertiary/aromatic N) is 3. The number of likely N-dealkylation sites (N-methyl/N-ethyl adjacent to an activating group) is 1. The number of benzene rings is 1. The number of carbonyl (C=O) groups excluding carboxylic acids is 2. The van der Waals surface area contributed by atoms with Crippen LogP contribution in [0.2, 0.25) is 0 Å². The van der Waals surface area contributed by atoms with Gasteiger partial charge < -0.3 is 24.4 Å². The number of aryl methyl sites for hydroxylation is 1. The molecule has 2 aliphatic heterocycles. The number of aromatic nitrogens is 1. The maximum absolute atomic E-state index is 12.7. The average molecular weight is 356 g/mol. The number of hydrogen-bond donors (Lipinski definition) is 1. The molecule has 1 saturated heterocycles. The fourth-order valence-electron chi connectivity index (χ4n) is 3.40. The Labute approximate surface area is 150 Å². The molecule has 8 heteroatoms. The van der Waals surface area contributed by atoms with Crippen molar-refractivity contribution in [2.75, 3.05) is 30.4 Å². The first-order valence-electron chi connectivity index (χ1n) is 8.57. The van der Waals surface area contributed by atoms with Gasteiger partial charge in [0.05, 0.1) is 17.4 Å². The number of fused-ring (bicyclic) bond motifs is 1. The van der Waals surface area contributed by atoms with Crippen molar-refractivity contribution in [2.45, 2.75) is 25.8 Å². The molecule has 1 N–H and O–H groups in total. The van der Waals surface area contributed by atoms with Crippen molar-refractivity contribution in [3.63, 3.8) is 0 Å². The SMILES string of the molecule is Cc1cc(C2CCCN2C(=O)Nc2ccc3c(c2)OCC(=O)N3C)on1. The minimum Gasteiger partial charge on any atom is -0.481 e. The number of carbonyl (C=O) groups is 2. The van der Waals surface area contributed by atoms with Gasteiger partial charge in [0.2, 0.25) is 0 Å². The van der Waals surface area contributed by atoms with Crippen molar-refractivity contribution in [1.82, 2.24) is 10.1 Å². The first-order chi connectivity index (χ1) is 12.5. The Morgan fingerprint density at radius 2 is 2.19 bits per heavy atom. The largest absolute Gasteiger partial charge is 0.481 e. The van der Waals surface area contributed by atoms with E-state index in [0.29, 0.717) is 29.4 Å². The van der Waals surface area contributed by atoms with Crippen molar-refractivity contribution >= 4 is 23.3 Å². The summed E-state index contributed by atoms with van der Waals surface area (Å²) in [4.78, 5) is 27.7. The minimum absolute atomic E-state index is 0.0000561. The summed E-state index contributed by atoms with van der Waals surface area (Å²) in [5.41, 5.74) is 2.11. The van der Waals surface area contributed by atoms with Crippen LogP contribution in [0.3, 0.4) is 0 Å². The number of urea groups is 1. The molecule has 0 saturated carbocycles. The van der Waals surface area contributed by atoms with Crippen LogP contribution in [0.4, 0.5) is 16.2 Å². The van der Waals surface area contributed by atoms with Gasteiger partial charge in [0.25, 0.3) is 5.91 Å². The molecule has 0 aliphatic carbocycles. The van der Waals surface area contributed by atoms with E-state index in [2.05, 4.69) is 10.5 Å². The van der Waals surface area contributed by atoms with Crippen LogP contribution in [0.5, 0.6) is 5.75 Å². The summed E-state index contributed by atoms with van der Waals surface area (Å²) in [6, 6.07) is 6.84. The first-order valence-corrected chi connectivity index (χ1v) is 8.57. The fraction of sp³-hybridized carbons (Fsp3) is 0.389. The molecule has 2 aliphatic rings. The maximum atomic E-state index is 12.7. The Morgan fingerprint density at radius 1 is 1.35 bits per heavy atom. The van der Waals surface area contributed by atoms with E-state index >= 15 is 0 Å². The third-order valence-electron chi connectivity index (χ3n) is 4.79. The lowest BCUT2D eigenvalue weighted by atomic mass is 10.1. The molecule has 3 heterocycles. The summed E-state index contributed by atoms with van der Waals surface area (Å²) in [5.74, 6) is 1.19. The van der Waals surface area contributed by atoms with E-state index in [-0.39, 0.29) is 24.6 Å². The Balaban J connectivity index is 1.50. The zero-order valence-corrected chi connectivity index (χ0v) is 14.7. The zero-order chi connectivity index (χ0) is 18.3. The molecule has 4 rings (SSSR count). The second kappa shape index (κ2) is 6.36. The van der Waals surface area contributed by atoms with Gasteiger partial charge in [-0.25, -0.2) is 4.79 Å². The van der Waals surface area contributed by atoms with Gasteiger partial charge in [0.15, 0.2) is 12.4 Å². The van der Waals surface area contributed by atoms with E-state index in [9.17, 15) is 9.59 Å². The molecule has 1 atom stereocenters. The number of nitrogens with one attached hydrogen (secondary N) is 1. The summed E-state index contributed by atoms with van der Waals surface area (Å²) in [6.45, 7) is 2.52. The first kappa shape index (κ1) is 16.4. The van der Waals surface area contributed by atoms with Gasteiger partial charge in [-0.05, 0) is 31.9 Å². The predicted octanol–water partition coefficient (Wildman–Crippen LogP) is 2.71. The van der Waals surface area contributed by atoms with Crippen molar-refractivity contribution in [2.24, 2.45) is 0 Å². The van der Waals surface area contributed by atoms with Crippen LogP contribution >= 0.6 is 0 Å². The van der Waals surface area contributed by atoms with E-state index in [1.165, 1.54) is 0 Å². The molecule has 0 bridgehead atoms. The Kier molecular flexibility index (Phi) is 4.02. The van der Waals surface area contributed by atoms with E-state index in [0.717, 1.165) is 18.5 Å². The van der Waals surface area contributed by atoms with Crippen molar-refractivity contribution in [3.05, 3.63) is 35.7 Å². The number of rotatable bonds is 2. The van der Waals surface area contributed by atoms with Crippen molar-refractivity contribution in [3.8, 4) is 5.75 Å². The lowest BCUT2D eigenvalue weighted by molar-refractivity contribution is -0.120. The number of hydrogen-bond acceptors (Lipinski definition) is 5. The highest BCUT2D eigenvalue weighted by Crippen LogP contribution is 2.35. The standard InChI is InChI=1S/C18H20N4O4/c1-11-8-16(26-20-11)14-4-3-7-22(14)18(24)19-12-5-6-13-15(9-12)25-10-17(23)21(13)2/h5-6,8-9,14H,3-4,7,10H2,1-2H3,(H,19,24). The Bertz CT molecular complexity index is 863. The summed E-state index contributed by atoms with van der Waals surface area (Å²) < 4.78 is 10.8. The third-order valence-corrected chi connectivity index (χ3v) is 4.79. The number of anilines is 2. The quantitative estimate of drug-likeness (QED) is 0.894. The van der Waals surface area contributed by atoms with Crippen LogP contribution < -0.4 is 15.0 Å². The van der Waals surface area contributed by atoms with Gasteiger partial charge in [0, 0.05) is 31.4 Å². The molecule has 2 aromatic rings. The summed E-state index contributed by atoms with van der Waals surface area (Å²) >= 11 is 0. The van der Waals surface area contributed by atoms with E-state index in [1.807, 2.05) is 13.0 Å². The molecule has 136 valence electrons. The lowest BCUT2D eigenvalue weighted by Crippen LogP contribution is -2.36. The fourth-order valence-corrected chi connectivity index (χ4v) is 3.40. The second-order valence-corrected chi connectivity index (χ2v) is 6.58. The Hall–Kier alpha value is -3.03. The molecular weight excluding hydrogens is 336 g/mol. The van der Waals surface area contributed by atoms with Crippen LogP contribution in [0, 0.1) is 6.92 Å². The molecule has 1 aromatic carbocycles. The summed E-state index contributed by atoms with van der Waals surface area (Å²) in [5, 5.41) is 6.83. The van der Waals surface area contributed by atoms with Gasteiger partial charge in [0.1, 0.15) is 5.75 Å². The van der Waals surface area contributed by atoms with E-state index in [4.69, 9.17) is 9.26 Å². The normalized spacial score (nSPS) is 19.3. The minimum atomic E-state index is -0.193. The van der Waals surface area contributed by atoms with Crippen LogP contribution in [0.25, 0.3) is 0 Å². The molecule has 0 spiro atoms. The van der Waals surface area contributed by atoms with Gasteiger partial charge in [-0.1, -0.05) is 5.16 Å². The van der Waals surface area contributed by atoms with Crippen LogP contribution in [-0.4, -0.2) is 42.2 Å². The molecule has 3 amide bonds. The topological polar surface area (TPSA) is 87.9 Å². The highest BCUT2D eigenvalue weighted by molar-refractivity contribution is 5.98. The number of likely N-dealkylation sites (tertiary alicyclic amines) is 1. The third kappa shape index (κ3) is 2.87. The molecule has 1 fully saturated rings. The van der Waals surface area contributed by atoms with Crippen molar-refractivity contribution < 1.29 is 18.8 Å². The lowest BCUT2D eigenvalue weighted by Gasteiger charge is -2.27. The predicted molar refractivity (Wildman–Crippen MR) is 94.3 cm³/mol. The Morgan fingerprint density at radius 3 is 2.96 bits per heavy atom. The smallest absolute Gasteiger partial charge is 0.322 e. The molecule has 1 aromatic heterocycles. The van der Waals surface area contributed by atoms with E-state index < -0.39 is 0 Å². The molecule has 26 heavy (non-hydrogen) atoms. The van der Waals surface area contributed by atoms with Gasteiger partial charge >= 0.3 is 6.03 Å².